The van der Waals surface area contributed by atoms with Crippen molar-refractivity contribution in [3.8, 4) is 0 Å². The average Bonchev–Trinajstić information content (AvgIpc) is 2.61. The molecule has 70 valence electrons. The summed E-state index contributed by atoms with van der Waals surface area (Å²) in [5, 5.41) is 10.4. The lowest BCUT2D eigenvalue weighted by Crippen LogP contribution is -2.05. The van der Waals surface area contributed by atoms with Crippen LogP contribution in [0.4, 0.5) is 11.4 Å². The van der Waals surface area contributed by atoms with Gasteiger partial charge >= 0.3 is 0 Å². The fraction of sp³-hybridized carbons (Fsp3) is 0.182. The predicted molar refractivity (Wildman–Crippen MR) is 55.9 cm³/mol. The van der Waals surface area contributed by atoms with Crippen molar-refractivity contribution in [2.45, 2.75) is 13.3 Å². The van der Waals surface area contributed by atoms with Gasteiger partial charge in [0.05, 0.1) is 17.6 Å². The number of aryl methyl sites for hydroxylation is 1. The van der Waals surface area contributed by atoms with E-state index in [2.05, 4.69) is 40.6 Å². The second kappa shape index (κ2) is 2.61. The van der Waals surface area contributed by atoms with Crippen molar-refractivity contribution in [2.24, 2.45) is 0 Å². The van der Waals surface area contributed by atoms with Crippen LogP contribution in [0, 0.1) is 6.92 Å². The Hall–Kier alpha value is -1.77. The van der Waals surface area contributed by atoms with Gasteiger partial charge in [-0.1, -0.05) is 17.7 Å². The maximum absolute atomic E-state index is 4.02. The summed E-state index contributed by atoms with van der Waals surface area (Å²) in [6.07, 6.45) is 2.78. The molecule has 3 rings (SSSR count). The number of aromatic amines is 1. The summed E-state index contributed by atoms with van der Waals surface area (Å²) in [7, 11) is 0. The van der Waals surface area contributed by atoms with Crippen LogP contribution in [0.1, 0.15) is 16.8 Å². The Kier molecular flexibility index (Phi) is 1.42. The second-order valence-corrected chi connectivity index (χ2v) is 3.72. The number of hydrogen-bond donors (Lipinski definition) is 2. The number of rotatable bonds is 0. The minimum absolute atomic E-state index is 0.944. The number of fused-ring (bicyclic) bond motifs is 2. The van der Waals surface area contributed by atoms with Gasteiger partial charge in [0.2, 0.25) is 0 Å². The van der Waals surface area contributed by atoms with E-state index in [1.165, 1.54) is 22.5 Å². The van der Waals surface area contributed by atoms with E-state index < -0.39 is 0 Å². The third-order valence-corrected chi connectivity index (χ3v) is 2.62. The fourth-order valence-corrected chi connectivity index (χ4v) is 1.88. The summed E-state index contributed by atoms with van der Waals surface area (Å²) in [5.74, 6) is 0. The van der Waals surface area contributed by atoms with Crippen LogP contribution >= 0.6 is 0 Å². The summed E-state index contributed by atoms with van der Waals surface area (Å²) >= 11 is 0. The zero-order valence-electron chi connectivity index (χ0n) is 7.96. The van der Waals surface area contributed by atoms with Crippen LogP contribution in [0.25, 0.3) is 0 Å². The molecule has 14 heavy (non-hydrogen) atoms. The first-order valence-corrected chi connectivity index (χ1v) is 4.72. The maximum atomic E-state index is 4.02. The number of hydrogen-bond acceptors (Lipinski definition) is 2. The van der Waals surface area contributed by atoms with Crippen LogP contribution in [-0.4, -0.2) is 10.2 Å². The number of aromatic nitrogens is 2. The van der Waals surface area contributed by atoms with E-state index in [4.69, 9.17) is 0 Å². The minimum Gasteiger partial charge on any atom is -0.352 e. The van der Waals surface area contributed by atoms with Crippen molar-refractivity contribution in [3.63, 3.8) is 0 Å². The molecular formula is C11H11N3. The number of nitrogens with zero attached hydrogens (tertiary/aromatic N) is 1. The third kappa shape index (κ3) is 1.02. The normalized spacial score (nSPS) is 12.9. The first kappa shape index (κ1) is 7.62. The van der Waals surface area contributed by atoms with Gasteiger partial charge in [-0.25, -0.2) is 0 Å². The Labute approximate surface area is 82.2 Å². The van der Waals surface area contributed by atoms with Crippen molar-refractivity contribution in [1.82, 2.24) is 10.2 Å². The Balaban J connectivity index is 2.12. The van der Waals surface area contributed by atoms with Gasteiger partial charge < -0.3 is 5.32 Å². The number of benzene rings is 1. The van der Waals surface area contributed by atoms with E-state index in [9.17, 15) is 0 Å². The standard InChI is InChI=1S/C11H11N3/c1-7-2-3-9-8(4-7)5-10-11(13-9)6-12-14-10/h2-4,6,13H,5H2,1H3,(H,12,14). The lowest BCUT2D eigenvalue weighted by atomic mass is 10.0. The molecule has 1 aliphatic heterocycles. The van der Waals surface area contributed by atoms with Gasteiger partial charge in [0.15, 0.2) is 0 Å². The molecule has 1 aromatic heterocycles. The highest BCUT2D eigenvalue weighted by Crippen LogP contribution is 2.31. The average molecular weight is 185 g/mol. The van der Waals surface area contributed by atoms with Crippen molar-refractivity contribution in [1.29, 1.82) is 0 Å². The molecule has 1 aromatic carbocycles. The Morgan fingerprint density at radius 3 is 3.14 bits per heavy atom. The molecule has 0 unspecified atom stereocenters. The second-order valence-electron chi connectivity index (χ2n) is 3.72. The van der Waals surface area contributed by atoms with E-state index in [-0.39, 0.29) is 0 Å². The third-order valence-electron chi connectivity index (χ3n) is 2.62. The van der Waals surface area contributed by atoms with Crippen molar-refractivity contribution in [2.75, 3.05) is 5.32 Å². The molecule has 3 nitrogen and oxygen atoms in total. The quantitative estimate of drug-likeness (QED) is 0.564. The minimum atomic E-state index is 0.944. The van der Waals surface area contributed by atoms with Gasteiger partial charge in [-0.3, -0.25) is 5.10 Å². The zero-order chi connectivity index (χ0) is 9.54. The molecule has 2 N–H and O–H groups in total. The van der Waals surface area contributed by atoms with Crippen molar-refractivity contribution < 1.29 is 0 Å². The number of nitrogens with one attached hydrogen (secondary N) is 2. The highest BCUT2D eigenvalue weighted by Gasteiger charge is 2.15. The highest BCUT2D eigenvalue weighted by molar-refractivity contribution is 5.69. The predicted octanol–water partition coefficient (Wildman–Crippen LogP) is 2.37. The molecular weight excluding hydrogens is 174 g/mol. The van der Waals surface area contributed by atoms with Crippen LogP contribution in [0.2, 0.25) is 0 Å². The molecule has 0 saturated heterocycles. The SMILES string of the molecule is Cc1ccc2c(c1)Cc1[nH]ncc1N2. The summed E-state index contributed by atoms with van der Waals surface area (Å²) in [6, 6.07) is 6.46. The molecule has 0 bridgehead atoms. The summed E-state index contributed by atoms with van der Waals surface area (Å²) in [5.41, 5.74) is 6.10. The summed E-state index contributed by atoms with van der Waals surface area (Å²) in [6.45, 7) is 2.11. The van der Waals surface area contributed by atoms with E-state index >= 15 is 0 Å². The number of H-pyrrole nitrogens is 1. The number of anilines is 2. The molecule has 0 fully saturated rings. The zero-order valence-corrected chi connectivity index (χ0v) is 7.96. The molecule has 0 radical (unpaired) electrons. The van der Waals surface area contributed by atoms with Gasteiger partial charge in [-0.2, -0.15) is 5.10 Å². The lowest BCUT2D eigenvalue weighted by Gasteiger charge is -2.17. The summed E-state index contributed by atoms with van der Waals surface area (Å²) in [4.78, 5) is 0. The molecule has 0 amide bonds. The first-order valence-electron chi connectivity index (χ1n) is 4.72. The van der Waals surface area contributed by atoms with Crippen LogP contribution < -0.4 is 5.32 Å². The molecule has 0 spiro atoms. The van der Waals surface area contributed by atoms with Crippen molar-refractivity contribution >= 4 is 11.4 Å². The molecule has 0 saturated carbocycles. The Morgan fingerprint density at radius 1 is 1.29 bits per heavy atom. The van der Waals surface area contributed by atoms with E-state index in [1.807, 2.05) is 6.20 Å². The van der Waals surface area contributed by atoms with Gasteiger partial charge in [0, 0.05) is 12.1 Å². The van der Waals surface area contributed by atoms with Gasteiger partial charge in [0.25, 0.3) is 0 Å². The van der Waals surface area contributed by atoms with Crippen LogP contribution in [-0.2, 0) is 6.42 Å². The largest absolute Gasteiger partial charge is 0.352 e. The van der Waals surface area contributed by atoms with Crippen LogP contribution in [0.5, 0.6) is 0 Å². The summed E-state index contributed by atoms with van der Waals surface area (Å²) < 4.78 is 0. The van der Waals surface area contributed by atoms with E-state index in [0.717, 1.165) is 12.1 Å². The Bertz CT molecular complexity index is 485. The van der Waals surface area contributed by atoms with Gasteiger partial charge in [-0.15, -0.1) is 0 Å². The molecule has 0 atom stereocenters. The smallest absolute Gasteiger partial charge is 0.0804 e. The topological polar surface area (TPSA) is 40.7 Å². The molecule has 3 heteroatoms. The Morgan fingerprint density at radius 2 is 2.21 bits per heavy atom. The van der Waals surface area contributed by atoms with E-state index in [1.54, 1.807) is 0 Å². The molecule has 0 aliphatic carbocycles. The van der Waals surface area contributed by atoms with Gasteiger partial charge in [0.1, 0.15) is 0 Å². The highest BCUT2D eigenvalue weighted by atomic mass is 15.1. The molecule has 2 heterocycles. The monoisotopic (exact) mass is 185 g/mol. The molecule has 1 aliphatic rings. The lowest BCUT2D eigenvalue weighted by molar-refractivity contribution is 0.990. The maximum Gasteiger partial charge on any atom is 0.0804 e. The molecule has 2 aromatic rings. The van der Waals surface area contributed by atoms with Crippen LogP contribution in [0.3, 0.4) is 0 Å². The fourth-order valence-electron chi connectivity index (χ4n) is 1.88. The van der Waals surface area contributed by atoms with Gasteiger partial charge in [-0.05, 0) is 18.6 Å². The first-order chi connectivity index (χ1) is 6.83. The van der Waals surface area contributed by atoms with Crippen molar-refractivity contribution in [3.05, 3.63) is 41.2 Å². The van der Waals surface area contributed by atoms with Crippen LogP contribution in [0.15, 0.2) is 24.4 Å². The van der Waals surface area contributed by atoms with E-state index in [0.29, 0.717) is 0 Å².